The Hall–Kier alpha value is -2.20. The third-order valence-corrected chi connectivity index (χ3v) is 4.10. The number of aliphatic hydroxyl groups excluding tert-OH is 1. The van der Waals surface area contributed by atoms with Crippen LogP contribution in [-0.2, 0) is 17.6 Å². The Labute approximate surface area is 128 Å². The first-order valence-corrected chi connectivity index (χ1v) is 7.44. The first-order chi connectivity index (χ1) is 10.6. The number of halogens is 1. The number of aryl methyl sites for hydroxylation is 1. The SMILES string of the molecule is O=C(CCc1ccccc1F)NC1c2ccccc2CC1O. The van der Waals surface area contributed by atoms with Crippen molar-refractivity contribution in [3.63, 3.8) is 0 Å². The van der Waals surface area contributed by atoms with E-state index < -0.39 is 6.10 Å². The molecule has 3 nitrogen and oxygen atoms in total. The molecule has 0 fully saturated rings. The second-order valence-electron chi connectivity index (χ2n) is 5.61. The van der Waals surface area contributed by atoms with Crippen molar-refractivity contribution >= 4 is 5.91 Å². The van der Waals surface area contributed by atoms with Gasteiger partial charge in [0.05, 0.1) is 12.1 Å². The van der Waals surface area contributed by atoms with Crippen LogP contribution >= 0.6 is 0 Å². The summed E-state index contributed by atoms with van der Waals surface area (Å²) >= 11 is 0. The van der Waals surface area contributed by atoms with Gasteiger partial charge in [0.15, 0.2) is 0 Å². The molecule has 0 heterocycles. The number of hydrogen-bond acceptors (Lipinski definition) is 2. The molecule has 0 saturated heterocycles. The lowest BCUT2D eigenvalue weighted by Crippen LogP contribution is -2.34. The number of rotatable bonds is 4. The molecule has 2 aromatic rings. The number of aliphatic hydroxyl groups is 1. The molecule has 1 aliphatic rings. The summed E-state index contributed by atoms with van der Waals surface area (Å²) < 4.78 is 13.5. The Morgan fingerprint density at radius 2 is 1.91 bits per heavy atom. The van der Waals surface area contributed by atoms with Gasteiger partial charge >= 0.3 is 0 Å². The van der Waals surface area contributed by atoms with Crippen molar-refractivity contribution in [3.05, 3.63) is 71.0 Å². The lowest BCUT2D eigenvalue weighted by Gasteiger charge is -2.18. The zero-order valence-electron chi connectivity index (χ0n) is 12.1. The molecular formula is C18H18FNO2. The fraction of sp³-hybridized carbons (Fsp3) is 0.278. The molecule has 1 amide bonds. The summed E-state index contributed by atoms with van der Waals surface area (Å²) in [5.74, 6) is -0.467. The summed E-state index contributed by atoms with van der Waals surface area (Å²) in [5.41, 5.74) is 2.56. The molecule has 2 N–H and O–H groups in total. The van der Waals surface area contributed by atoms with E-state index in [0.717, 1.165) is 11.1 Å². The van der Waals surface area contributed by atoms with Crippen LogP contribution in [0, 0.1) is 5.82 Å². The summed E-state index contributed by atoms with van der Waals surface area (Å²) in [6.07, 6.45) is 0.499. The van der Waals surface area contributed by atoms with E-state index in [9.17, 15) is 14.3 Å². The quantitative estimate of drug-likeness (QED) is 0.911. The van der Waals surface area contributed by atoms with Crippen molar-refractivity contribution < 1.29 is 14.3 Å². The molecule has 22 heavy (non-hydrogen) atoms. The van der Waals surface area contributed by atoms with Crippen LogP contribution in [0.15, 0.2) is 48.5 Å². The number of amides is 1. The van der Waals surface area contributed by atoms with Crippen LogP contribution in [0.4, 0.5) is 4.39 Å². The van der Waals surface area contributed by atoms with Crippen molar-refractivity contribution in [2.24, 2.45) is 0 Å². The van der Waals surface area contributed by atoms with Gasteiger partial charge in [0.25, 0.3) is 0 Å². The Morgan fingerprint density at radius 3 is 2.73 bits per heavy atom. The standard InChI is InChI=1S/C18H18FNO2/c19-15-8-4-2-5-12(15)9-10-17(22)20-18-14-7-3-1-6-13(14)11-16(18)21/h1-8,16,18,21H,9-11H2,(H,20,22). The van der Waals surface area contributed by atoms with Crippen LogP contribution in [0.2, 0.25) is 0 Å². The monoisotopic (exact) mass is 299 g/mol. The van der Waals surface area contributed by atoms with Gasteiger partial charge in [-0.05, 0) is 29.2 Å². The first kappa shape index (κ1) is 14.7. The van der Waals surface area contributed by atoms with E-state index in [2.05, 4.69) is 5.32 Å². The van der Waals surface area contributed by atoms with Gasteiger partial charge in [0.1, 0.15) is 5.82 Å². The molecule has 2 atom stereocenters. The lowest BCUT2D eigenvalue weighted by molar-refractivity contribution is -0.122. The summed E-state index contributed by atoms with van der Waals surface area (Å²) in [6, 6.07) is 13.8. The second kappa shape index (κ2) is 6.28. The number of carbonyl (C=O) groups excluding carboxylic acids is 1. The van der Waals surface area contributed by atoms with Crippen molar-refractivity contribution in [3.8, 4) is 0 Å². The van der Waals surface area contributed by atoms with E-state index in [4.69, 9.17) is 0 Å². The zero-order chi connectivity index (χ0) is 15.5. The van der Waals surface area contributed by atoms with Gasteiger partial charge in [0.2, 0.25) is 5.91 Å². The maximum absolute atomic E-state index is 13.5. The van der Waals surface area contributed by atoms with E-state index in [1.807, 2.05) is 24.3 Å². The van der Waals surface area contributed by atoms with E-state index in [1.165, 1.54) is 6.07 Å². The average Bonchev–Trinajstić information content (AvgIpc) is 2.83. The van der Waals surface area contributed by atoms with Crippen molar-refractivity contribution in [2.45, 2.75) is 31.4 Å². The minimum atomic E-state index is -0.602. The van der Waals surface area contributed by atoms with Gasteiger partial charge in [0, 0.05) is 12.8 Å². The topological polar surface area (TPSA) is 49.3 Å². The highest BCUT2D eigenvalue weighted by Crippen LogP contribution is 2.31. The maximum atomic E-state index is 13.5. The lowest BCUT2D eigenvalue weighted by atomic mass is 10.1. The number of hydrogen-bond donors (Lipinski definition) is 2. The Kier molecular flexibility index (Phi) is 4.20. The summed E-state index contributed by atoms with van der Waals surface area (Å²) in [7, 11) is 0. The number of benzene rings is 2. The van der Waals surface area contributed by atoms with E-state index in [0.29, 0.717) is 18.4 Å². The largest absolute Gasteiger partial charge is 0.390 e. The molecule has 0 aliphatic heterocycles. The van der Waals surface area contributed by atoms with E-state index in [1.54, 1.807) is 18.2 Å². The van der Waals surface area contributed by atoms with Gasteiger partial charge in [-0.2, -0.15) is 0 Å². The molecule has 0 bridgehead atoms. The van der Waals surface area contributed by atoms with Crippen LogP contribution < -0.4 is 5.32 Å². The van der Waals surface area contributed by atoms with Crippen LogP contribution in [0.3, 0.4) is 0 Å². The maximum Gasteiger partial charge on any atom is 0.220 e. The molecule has 0 aromatic heterocycles. The fourth-order valence-electron chi connectivity index (χ4n) is 2.94. The van der Waals surface area contributed by atoms with E-state index >= 15 is 0 Å². The van der Waals surface area contributed by atoms with Gasteiger partial charge in [-0.25, -0.2) is 4.39 Å². The Balaban J connectivity index is 1.62. The van der Waals surface area contributed by atoms with Gasteiger partial charge in [-0.3, -0.25) is 4.79 Å². The molecule has 0 radical (unpaired) electrons. The number of nitrogens with one attached hydrogen (secondary N) is 1. The minimum Gasteiger partial charge on any atom is -0.390 e. The summed E-state index contributed by atoms with van der Waals surface area (Å²) in [6.45, 7) is 0. The minimum absolute atomic E-state index is 0.177. The average molecular weight is 299 g/mol. The van der Waals surface area contributed by atoms with Crippen molar-refractivity contribution in [2.75, 3.05) is 0 Å². The van der Waals surface area contributed by atoms with Gasteiger partial charge in [-0.1, -0.05) is 42.5 Å². The Bertz CT molecular complexity index is 686. The fourth-order valence-corrected chi connectivity index (χ4v) is 2.94. The van der Waals surface area contributed by atoms with Gasteiger partial charge in [-0.15, -0.1) is 0 Å². The normalized spacial score (nSPS) is 19.7. The van der Waals surface area contributed by atoms with Crippen molar-refractivity contribution in [1.82, 2.24) is 5.32 Å². The predicted octanol–water partition coefficient (Wildman–Crippen LogP) is 2.53. The van der Waals surface area contributed by atoms with Crippen LogP contribution in [0.5, 0.6) is 0 Å². The molecule has 4 heteroatoms. The number of fused-ring (bicyclic) bond motifs is 1. The zero-order valence-corrected chi connectivity index (χ0v) is 12.1. The van der Waals surface area contributed by atoms with Crippen LogP contribution in [-0.4, -0.2) is 17.1 Å². The van der Waals surface area contributed by atoms with Crippen molar-refractivity contribution in [1.29, 1.82) is 0 Å². The third-order valence-electron chi connectivity index (χ3n) is 4.10. The van der Waals surface area contributed by atoms with E-state index in [-0.39, 0.29) is 24.2 Å². The molecule has 114 valence electrons. The molecule has 3 rings (SSSR count). The molecule has 0 spiro atoms. The first-order valence-electron chi connectivity index (χ1n) is 7.44. The molecule has 1 aliphatic carbocycles. The van der Waals surface area contributed by atoms with Gasteiger partial charge < -0.3 is 10.4 Å². The number of carbonyl (C=O) groups is 1. The molecular weight excluding hydrogens is 281 g/mol. The summed E-state index contributed by atoms with van der Waals surface area (Å²) in [5, 5.41) is 13.0. The predicted molar refractivity (Wildman–Crippen MR) is 81.8 cm³/mol. The highest BCUT2D eigenvalue weighted by atomic mass is 19.1. The third kappa shape index (κ3) is 3.02. The Morgan fingerprint density at radius 1 is 1.18 bits per heavy atom. The molecule has 0 saturated carbocycles. The molecule has 2 unspecified atom stereocenters. The second-order valence-corrected chi connectivity index (χ2v) is 5.61. The van der Waals surface area contributed by atoms with Crippen LogP contribution in [0.25, 0.3) is 0 Å². The van der Waals surface area contributed by atoms with Crippen LogP contribution in [0.1, 0.15) is 29.2 Å². The summed E-state index contributed by atoms with van der Waals surface area (Å²) in [4.78, 5) is 12.1. The highest BCUT2D eigenvalue weighted by Gasteiger charge is 2.31. The molecule has 2 aromatic carbocycles. The highest BCUT2D eigenvalue weighted by molar-refractivity contribution is 5.77. The smallest absolute Gasteiger partial charge is 0.220 e.